The molecule has 7 heteroatoms. The minimum absolute atomic E-state index is 0.0446. The van der Waals surface area contributed by atoms with Crippen LogP contribution < -0.4 is 5.32 Å². The molecule has 0 bridgehead atoms. The maximum Gasteiger partial charge on any atom is 0.417 e. The summed E-state index contributed by atoms with van der Waals surface area (Å²) in [7, 11) is 0. The number of nitrogens with one attached hydrogen (secondary N) is 1. The molecule has 1 aromatic rings. The summed E-state index contributed by atoms with van der Waals surface area (Å²) >= 11 is 0. The molecule has 0 heterocycles. The fourth-order valence-electron chi connectivity index (χ4n) is 2.02. The lowest BCUT2D eigenvalue weighted by molar-refractivity contribution is -0.291. The monoisotopic (exact) mass is 289 g/mol. The lowest BCUT2D eigenvalue weighted by Crippen LogP contribution is -2.62. The van der Waals surface area contributed by atoms with E-state index >= 15 is 0 Å². The van der Waals surface area contributed by atoms with E-state index in [9.17, 15) is 23.1 Å². The van der Waals surface area contributed by atoms with E-state index in [1.165, 1.54) is 0 Å². The summed E-state index contributed by atoms with van der Waals surface area (Å²) < 4.78 is 42.0. The second kappa shape index (κ2) is 5.32. The highest BCUT2D eigenvalue weighted by atomic mass is 19.4. The summed E-state index contributed by atoms with van der Waals surface area (Å²) in [5.41, 5.74) is -1.91. The van der Waals surface area contributed by atoms with Crippen molar-refractivity contribution in [2.75, 3.05) is 0 Å². The predicted octanol–water partition coefficient (Wildman–Crippen LogP) is 2.37. The van der Waals surface area contributed by atoms with Gasteiger partial charge in [-0.25, -0.2) is 4.79 Å². The number of amides is 1. The van der Waals surface area contributed by atoms with Crippen LogP contribution in [0.4, 0.5) is 18.0 Å². The molecule has 1 aromatic carbocycles. The van der Waals surface area contributed by atoms with Crippen LogP contribution in [0.25, 0.3) is 0 Å². The molecule has 0 radical (unpaired) electrons. The first-order valence-corrected chi connectivity index (χ1v) is 6.06. The first-order valence-electron chi connectivity index (χ1n) is 6.06. The summed E-state index contributed by atoms with van der Waals surface area (Å²) in [5.74, 6) is 0. The zero-order valence-corrected chi connectivity index (χ0v) is 10.5. The van der Waals surface area contributed by atoms with Crippen LogP contribution in [0.2, 0.25) is 0 Å². The number of alkyl carbamates (subject to hydrolysis) is 1. The van der Waals surface area contributed by atoms with E-state index in [0.29, 0.717) is 0 Å². The van der Waals surface area contributed by atoms with Gasteiger partial charge in [-0.1, -0.05) is 30.3 Å². The van der Waals surface area contributed by atoms with Gasteiger partial charge in [0.2, 0.25) is 0 Å². The quantitative estimate of drug-likeness (QED) is 0.898. The number of hydrogen-bond donors (Lipinski definition) is 2. The molecule has 1 aliphatic carbocycles. The van der Waals surface area contributed by atoms with Crippen molar-refractivity contribution in [3.63, 3.8) is 0 Å². The van der Waals surface area contributed by atoms with Crippen LogP contribution in [0.5, 0.6) is 0 Å². The van der Waals surface area contributed by atoms with Crippen molar-refractivity contribution in [2.24, 2.45) is 0 Å². The molecule has 1 fully saturated rings. The SMILES string of the molecule is O=C(NC1CC(O)(C(F)(F)F)C1)OCc1ccccc1. The van der Waals surface area contributed by atoms with E-state index in [4.69, 9.17) is 4.74 Å². The van der Waals surface area contributed by atoms with Gasteiger partial charge in [-0.3, -0.25) is 0 Å². The van der Waals surface area contributed by atoms with Gasteiger partial charge in [0.15, 0.2) is 5.60 Å². The molecule has 1 aliphatic rings. The fourth-order valence-corrected chi connectivity index (χ4v) is 2.02. The van der Waals surface area contributed by atoms with Gasteiger partial charge in [-0.2, -0.15) is 13.2 Å². The molecule has 1 saturated carbocycles. The number of carbonyl (C=O) groups is 1. The van der Waals surface area contributed by atoms with Crippen LogP contribution in [-0.4, -0.2) is 29.0 Å². The van der Waals surface area contributed by atoms with E-state index in [0.717, 1.165) is 5.56 Å². The van der Waals surface area contributed by atoms with Crippen LogP contribution in [0.3, 0.4) is 0 Å². The van der Waals surface area contributed by atoms with E-state index in [-0.39, 0.29) is 6.61 Å². The minimum atomic E-state index is -4.67. The third kappa shape index (κ3) is 3.22. The van der Waals surface area contributed by atoms with Gasteiger partial charge in [0, 0.05) is 18.9 Å². The molecule has 0 aromatic heterocycles. The molecule has 0 atom stereocenters. The third-order valence-corrected chi connectivity index (χ3v) is 3.23. The summed E-state index contributed by atoms with van der Waals surface area (Å²) in [6.07, 6.45) is -6.55. The van der Waals surface area contributed by atoms with E-state index in [2.05, 4.69) is 5.32 Å². The molecule has 4 nitrogen and oxygen atoms in total. The zero-order chi connectivity index (χ0) is 14.8. The molecule has 0 unspecified atom stereocenters. The van der Waals surface area contributed by atoms with Crippen LogP contribution in [-0.2, 0) is 11.3 Å². The molecule has 2 rings (SSSR count). The Kier molecular flexibility index (Phi) is 3.89. The fraction of sp³-hybridized carbons (Fsp3) is 0.462. The Hall–Kier alpha value is -1.76. The van der Waals surface area contributed by atoms with Crippen molar-refractivity contribution in [1.82, 2.24) is 5.32 Å². The van der Waals surface area contributed by atoms with Crippen molar-refractivity contribution in [3.05, 3.63) is 35.9 Å². The molecule has 110 valence electrons. The normalized spacial score (nSPS) is 25.7. The Morgan fingerprint density at radius 3 is 2.50 bits per heavy atom. The molecule has 2 N–H and O–H groups in total. The van der Waals surface area contributed by atoms with Crippen LogP contribution in [0, 0.1) is 0 Å². The van der Waals surface area contributed by atoms with Gasteiger partial charge in [0.25, 0.3) is 0 Å². The summed E-state index contributed by atoms with van der Waals surface area (Å²) in [6, 6.07) is 8.19. The van der Waals surface area contributed by atoms with Crippen molar-refractivity contribution in [3.8, 4) is 0 Å². The Morgan fingerprint density at radius 1 is 1.35 bits per heavy atom. The Labute approximate surface area is 113 Å². The number of halogens is 3. The highest BCUT2D eigenvalue weighted by Crippen LogP contribution is 2.45. The smallest absolute Gasteiger partial charge is 0.417 e. The predicted molar refractivity (Wildman–Crippen MR) is 63.8 cm³/mol. The highest BCUT2D eigenvalue weighted by Gasteiger charge is 2.61. The number of aliphatic hydroxyl groups is 1. The number of ether oxygens (including phenoxy) is 1. The van der Waals surface area contributed by atoms with Gasteiger partial charge < -0.3 is 15.2 Å². The van der Waals surface area contributed by atoms with E-state index in [1.54, 1.807) is 24.3 Å². The number of carbonyl (C=O) groups excluding carboxylic acids is 1. The number of alkyl halides is 3. The average molecular weight is 289 g/mol. The maximum absolute atomic E-state index is 12.4. The van der Waals surface area contributed by atoms with Crippen LogP contribution in [0.1, 0.15) is 18.4 Å². The number of rotatable bonds is 3. The summed E-state index contributed by atoms with van der Waals surface area (Å²) in [4.78, 5) is 11.4. The maximum atomic E-state index is 12.4. The van der Waals surface area contributed by atoms with Gasteiger partial charge in [-0.15, -0.1) is 0 Å². The Morgan fingerprint density at radius 2 is 1.95 bits per heavy atom. The highest BCUT2D eigenvalue weighted by molar-refractivity contribution is 5.67. The lowest BCUT2D eigenvalue weighted by Gasteiger charge is -2.44. The van der Waals surface area contributed by atoms with E-state index in [1.807, 2.05) is 6.07 Å². The van der Waals surface area contributed by atoms with Crippen LogP contribution in [0.15, 0.2) is 30.3 Å². The van der Waals surface area contributed by atoms with Crippen molar-refractivity contribution in [1.29, 1.82) is 0 Å². The molecule has 0 spiro atoms. The number of hydrogen-bond acceptors (Lipinski definition) is 3. The lowest BCUT2D eigenvalue weighted by atomic mass is 9.75. The van der Waals surface area contributed by atoms with Gasteiger partial charge in [-0.05, 0) is 5.56 Å². The molecule has 0 aliphatic heterocycles. The Bertz CT molecular complexity index is 469. The minimum Gasteiger partial charge on any atom is -0.445 e. The molecular formula is C13H14F3NO3. The first kappa shape index (κ1) is 14.6. The van der Waals surface area contributed by atoms with Gasteiger partial charge >= 0.3 is 12.3 Å². The topological polar surface area (TPSA) is 58.6 Å². The molecular weight excluding hydrogens is 275 g/mol. The van der Waals surface area contributed by atoms with Crippen molar-refractivity contribution < 1.29 is 27.8 Å². The van der Waals surface area contributed by atoms with Crippen LogP contribution >= 0.6 is 0 Å². The standard InChI is InChI=1S/C13H14F3NO3/c14-13(15,16)12(19)6-10(7-12)17-11(18)20-8-9-4-2-1-3-5-9/h1-5,10,19H,6-8H2,(H,17,18). The van der Waals surface area contributed by atoms with Crippen molar-refractivity contribution >= 4 is 6.09 Å². The summed E-state index contributed by atoms with van der Waals surface area (Å²) in [6.45, 7) is 0.0446. The second-order valence-corrected chi connectivity index (χ2v) is 4.84. The van der Waals surface area contributed by atoms with Gasteiger partial charge in [0.1, 0.15) is 6.61 Å². The second-order valence-electron chi connectivity index (χ2n) is 4.84. The zero-order valence-electron chi connectivity index (χ0n) is 10.5. The molecule has 20 heavy (non-hydrogen) atoms. The third-order valence-electron chi connectivity index (χ3n) is 3.23. The average Bonchev–Trinajstić information content (AvgIpc) is 2.34. The van der Waals surface area contributed by atoms with E-state index < -0.39 is 36.8 Å². The van der Waals surface area contributed by atoms with Crippen molar-refractivity contribution in [2.45, 2.75) is 37.3 Å². The Balaban J connectivity index is 1.72. The largest absolute Gasteiger partial charge is 0.445 e. The molecule has 1 amide bonds. The first-order chi connectivity index (χ1) is 9.30. The summed E-state index contributed by atoms with van der Waals surface area (Å²) in [5, 5.41) is 11.5. The molecule has 0 saturated heterocycles. The van der Waals surface area contributed by atoms with Gasteiger partial charge in [0.05, 0.1) is 0 Å². The number of benzene rings is 1.